The van der Waals surface area contributed by atoms with E-state index in [9.17, 15) is 0 Å². The lowest BCUT2D eigenvalue weighted by atomic mass is 10.1. The highest BCUT2D eigenvalue weighted by molar-refractivity contribution is 14.0. The molecule has 0 aliphatic carbocycles. The van der Waals surface area contributed by atoms with Crippen LogP contribution in [0, 0.1) is 20.8 Å². The van der Waals surface area contributed by atoms with E-state index >= 15 is 0 Å². The number of aromatic nitrogens is 2. The first-order valence-electron chi connectivity index (χ1n) is 8.60. The second-order valence-electron chi connectivity index (χ2n) is 6.34. The zero-order valence-electron chi connectivity index (χ0n) is 15.5. The first-order valence-corrected chi connectivity index (χ1v) is 8.60. The quantitative estimate of drug-likeness (QED) is 0.255. The maximum absolute atomic E-state index is 5.99. The van der Waals surface area contributed by atoms with Crippen molar-refractivity contribution < 1.29 is 0 Å². The Morgan fingerprint density at radius 3 is 2.65 bits per heavy atom. The Labute approximate surface area is 171 Å². The molecule has 0 saturated heterocycles. The first kappa shape index (κ1) is 20.2. The van der Waals surface area contributed by atoms with Crippen molar-refractivity contribution in [3.63, 3.8) is 0 Å². The van der Waals surface area contributed by atoms with E-state index in [1.807, 2.05) is 31.2 Å². The van der Waals surface area contributed by atoms with Crippen molar-refractivity contribution >= 4 is 46.7 Å². The molecule has 0 spiro atoms. The minimum absolute atomic E-state index is 0. The number of anilines is 1. The van der Waals surface area contributed by atoms with Crippen LogP contribution in [0.1, 0.15) is 23.4 Å². The van der Waals surface area contributed by atoms with Crippen LogP contribution in [-0.2, 0) is 6.54 Å². The standard InChI is InChI=1S/C20H25N5.HI/c1-14-9-10-17(13-15(14)2)24-20(21)22-11-6-12-25-16(3)23-18-7-4-5-8-19(18)25;/h4-5,7-10,13H,6,11-12H2,1-3H3,(H3,21,22,24);1H. The van der Waals surface area contributed by atoms with Crippen molar-refractivity contribution in [3.05, 3.63) is 59.4 Å². The Balaban J connectivity index is 0.00000243. The molecular weight excluding hydrogens is 437 g/mol. The maximum Gasteiger partial charge on any atom is 0.193 e. The number of halogens is 1. The van der Waals surface area contributed by atoms with Gasteiger partial charge >= 0.3 is 0 Å². The van der Waals surface area contributed by atoms with Gasteiger partial charge in [-0.15, -0.1) is 24.0 Å². The summed E-state index contributed by atoms with van der Waals surface area (Å²) in [5.74, 6) is 1.49. The van der Waals surface area contributed by atoms with Crippen LogP contribution in [0.5, 0.6) is 0 Å². The van der Waals surface area contributed by atoms with Crippen LogP contribution in [0.25, 0.3) is 11.0 Å². The number of nitrogens with two attached hydrogens (primary N) is 1. The summed E-state index contributed by atoms with van der Waals surface area (Å²) in [6, 6.07) is 14.4. The van der Waals surface area contributed by atoms with Gasteiger partial charge in [0, 0.05) is 18.8 Å². The van der Waals surface area contributed by atoms with E-state index in [0.29, 0.717) is 12.5 Å². The van der Waals surface area contributed by atoms with Gasteiger partial charge in [-0.1, -0.05) is 18.2 Å². The van der Waals surface area contributed by atoms with Gasteiger partial charge in [0.25, 0.3) is 0 Å². The number of rotatable bonds is 5. The predicted octanol–water partition coefficient (Wildman–Crippen LogP) is 4.40. The van der Waals surface area contributed by atoms with Crippen molar-refractivity contribution in [2.24, 2.45) is 10.7 Å². The number of imidazole rings is 1. The Morgan fingerprint density at radius 2 is 1.88 bits per heavy atom. The molecule has 138 valence electrons. The molecule has 3 N–H and O–H groups in total. The van der Waals surface area contributed by atoms with Crippen LogP contribution < -0.4 is 11.1 Å². The van der Waals surface area contributed by atoms with Crippen molar-refractivity contribution in [3.8, 4) is 0 Å². The van der Waals surface area contributed by atoms with Crippen LogP contribution in [0.15, 0.2) is 47.5 Å². The number of nitrogens with zero attached hydrogens (tertiary/aromatic N) is 3. The van der Waals surface area contributed by atoms with Gasteiger partial charge in [0.15, 0.2) is 5.96 Å². The van der Waals surface area contributed by atoms with Crippen molar-refractivity contribution in [1.82, 2.24) is 9.55 Å². The summed E-state index contributed by atoms with van der Waals surface area (Å²) in [5, 5.41) is 3.15. The molecule has 0 atom stereocenters. The molecule has 26 heavy (non-hydrogen) atoms. The van der Waals surface area contributed by atoms with Crippen LogP contribution in [0.2, 0.25) is 0 Å². The number of benzene rings is 2. The molecule has 5 nitrogen and oxygen atoms in total. The molecule has 3 aromatic rings. The molecule has 3 rings (SSSR count). The highest BCUT2D eigenvalue weighted by Crippen LogP contribution is 2.16. The molecule has 0 fully saturated rings. The van der Waals surface area contributed by atoms with Gasteiger partial charge in [0.05, 0.1) is 11.0 Å². The fourth-order valence-corrected chi connectivity index (χ4v) is 2.91. The molecule has 0 aliphatic rings. The summed E-state index contributed by atoms with van der Waals surface area (Å²) in [6.45, 7) is 7.78. The molecule has 0 aliphatic heterocycles. The number of fused-ring (bicyclic) bond motifs is 1. The molecule has 0 radical (unpaired) electrons. The summed E-state index contributed by atoms with van der Waals surface area (Å²) < 4.78 is 2.23. The number of aliphatic imine (C=N–C) groups is 1. The highest BCUT2D eigenvalue weighted by atomic mass is 127. The second kappa shape index (κ2) is 9.02. The average Bonchev–Trinajstić information content (AvgIpc) is 2.90. The normalized spacial score (nSPS) is 11.4. The average molecular weight is 463 g/mol. The molecule has 2 aromatic carbocycles. The fraction of sp³-hybridized carbons (Fsp3) is 0.300. The summed E-state index contributed by atoms with van der Waals surface area (Å²) >= 11 is 0. The SMILES string of the molecule is Cc1ccc(NC(N)=NCCCn2c(C)nc3ccccc32)cc1C.I. The molecule has 0 saturated carbocycles. The van der Waals surface area contributed by atoms with Gasteiger partial charge in [-0.05, 0) is 62.6 Å². The molecule has 0 unspecified atom stereocenters. The lowest BCUT2D eigenvalue weighted by Crippen LogP contribution is -2.23. The van der Waals surface area contributed by atoms with E-state index in [-0.39, 0.29) is 24.0 Å². The van der Waals surface area contributed by atoms with E-state index in [2.05, 4.69) is 51.9 Å². The number of nitrogens with one attached hydrogen (secondary N) is 1. The number of guanidine groups is 1. The van der Waals surface area contributed by atoms with Crippen LogP contribution in [0.4, 0.5) is 5.69 Å². The monoisotopic (exact) mass is 463 g/mol. The first-order chi connectivity index (χ1) is 12.0. The minimum atomic E-state index is 0. The minimum Gasteiger partial charge on any atom is -0.370 e. The third-order valence-electron chi connectivity index (χ3n) is 4.45. The van der Waals surface area contributed by atoms with E-state index in [1.54, 1.807) is 0 Å². The third kappa shape index (κ3) is 4.75. The lowest BCUT2D eigenvalue weighted by molar-refractivity contribution is 0.649. The van der Waals surface area contributed by atoms with Crippen LogP contribution in [-0.4, -0.2) is 22.1 Å². The number of aryl methyl sites for hydroxylation is 4. The molecule has 1 heterocycles. The summed E-state index contributed by atoms with van der Waals surface area (Å²) in [4.78, 5) is 9.02. The fourth-order valence-electron chi connectivity index (χ4n) is 2.91. The Bertz CT molecular complexity index is 914. The lowest BCUT2D eigenvalue weighted by Gasteiger charge is -2.09. The van der Waals surface area contributed by atoms with Gasteiger partial charge in [-0.2, -0.15) is 0 Å². The van der Waals surface area contributed by atoms with Crippen molar-refractivity contribution in [2.75, 3.05) is 11.9 Å². The molecule has 0 bridgehead atoms. The Hall–Kier alpha value is -2.09. The smallest absolute Gasteiger partial charge is 0.193 e. The second-order valence-corrected chi connectivity index (χ2v) is 6.34. The molecular formula is C20H26IN5. The summed E-state index contributed by atoms with van der Waals surface area (Å²) in [5.41, 5.74) is 11.7. The van der Waals surface area contributed by atoms with Crippen molar-refractivity contribution in [2.45, 2.75) is 33.7 Å². The van der Waals surface area contributed by atoms with Gasteiger partial charge in [0.2, 0.25) is 0 Å². The topological polar surface area (TPSA) is 68.2 Å². The largest absolute Gasteiger partial charge is 0.370 e. The maximum atomic E-state index is 5.99. The Kier molecular flexibility index (Phi) is 7.02. The number of para-hydroxylation sites is 2. The summed E-state index contributed by atoms with van der Waals surface area (Å²) in [7, 11) is 0. The van der Waals surface area contributed by atoms with Crippen LogP contribution in [0.3, 0.4) is 0 Å². The van der Waals surface area contributed by atoms with E-state index in [0.717, 1.165) is 30.0 Å². The van der Waals surface area contributed by atoms with Crippen LogP contribution >= 0.6 is 24.0 Å². The number of hydrogen-bond donors (Lipinski definition) is 2. The van der Waals surface area contributed by atoms with Crippen molar-refractivity contribution in [1.29, 1.82) is 0 Å². The molecule has 1 aromatic heterocycles. The third-order valence-corrected chi connectivity index (χ3v) is 4.45. The Morgan fingerprint density at radius 1 is 1.12 bits per heavy atom. The van der Waals surface area contributed by atoms with E-state index in [1.165, 1.54) is 16.6 Å². The van der Waals surface area contributed by atoms with E-state index in [4.69, 9.17) is 5.73 Å². The van der Waals surface area contributed by atoms with Gasteiger partial charge < -0.3 is 15.6 Å². The van der Waals surface area contributed by atoms with E-state index < -0.39 is 0 Å². The highest BCUT2D eigenvalue weighted by Gasteiger charge is 2.05. The van der Waals surface area contributed by atoms with Gasteiger partial charge in [-0.25, -0.2) is 4.98 Å². The zero-order chi connectivity index (χ0) is 17.8. The summed E-state index contributed by atoms with van der Waals surface area (Å²) in [6.07, 6.45) is 0.913. The van der Waals surface area contributed by atoms with Gasteiger partial charge in [-0.3, -0.25) is 4.99 Å². The van der Waals surface area contributed by atoms with Gasteiger partial charge in [0.1, 0.15) is 5.82 Å². The molecule has 6 heteroatoms. The predicted molar refractivity (Wildman–Crippen MR) is 121 cm³/mol. The molecule has 0 amide bonds. The number of hydrogen-bond acceptors (Lipinski definition) is 2. The zero-order valence-corrected chi connectivity index (χ0v) is 17.8.